The number of ether oxygens (including phenoxy) is 2. The maximum absolute atomic E-state index is 12.2. The predicted octanol–water partition coefficient (Wildman–Crippen LogP) is 3.62. The van der Waals surface area contributed by atoms with Gasteiger partial charge < -0.3 is 19.7 Å². The minimum atomic E-state index is -4.78. The molecule has 0 spiro atoms. The van der Waals surface area contributed by atoms with Crippen molar-refractivity contribution in [3.8, 4) is 11.5 Å². The van der Waals surface area contributed by atoms with Gasteiger partial charge in [-0.15, -0.1) is 13.2 Å². The van der Waals surface area contributed by atoms with Crippen molar-refractivity contribution in [2.75, 3.05) is 26.0 Å². The molecule has 0 aliphatic heterocycles. The van der Waals surface area contributed by atoms with Gasteiger partial charge in [-0.25, -0.2) is 0 Å². The van der Waals surface area contributed by atoms with E-state index in [4.69, 9.17) is 4.74 Å². The number of halogens is 3. The van der Waals surface area contributed by atoms with Gasteiger partial charge in [-0.1, -0.05) is 12.1 Å². The van der Waals surface area contributed by atoms with Crippen molar-refractivity contribution in [3.63, 3.8) is 0 Å². The van der Waals surface area contributed by atoms with Crippen molar-refractivity contribution in [1.29, 1.82) is 0 Å². The van der Waals surface area contributed by atoms with Gasteiger partial charge in [0.05, 0.1) is 13.7 Å². The molecule has 0 aliphatic carbocycles. The van der Waals surface area contributed by atoms with E-state index in [9.17, 15) is 22.8 Å². The number of anilines is 1. The van der Waals surface area contributed by atoms with Crippen LogP contribution in [0.3, 0.4) is 0 Å². The standard InChI is InChI=1S/C20H21F3N2O4/c1-25(19(27)12-5-14-3-8-16(28-2)9-4-14)13-18(26)24-15-6-10-17(11-7-15)29-20(21,22)23/h3-4,6-11H,5,12-13H2,1-2H3,(H,24,26). The molecule has 0 saturated carbocycles. The van der Waals surface area contributed by atoms with Crippen LogP contribution in [0, 0.1) is 0 Å². The normalized spacial score (nSPS) is 10.9. The van der Waals surface area contributed by atoms with Crippen LogP contribution < -0.4 is 14.8 Å². The zero-order valence-electron chi connectivity index (χ0n) is 16.0. The SMILES string of the molecule is COc1ccc(CCC(=O)N(C)CC(=O)Nc2ccc(OC(F)(F)F)cc2)cc1. The molecule has 0 aromatic heterocycles. The van der Waals surface area contributed by atoms with Gasteiger partial charge in [-0.05, 0) is 48.4 Å². The van der Waals surface area contributed by atoms with E-state index >= 15 is 0 Å². The summed E-state index contributed by atoms with van der Waals surface area (Å²) in [5.41, 5.74) is 1.27. The second kappa shape index (κ2) is 9.81. The number of amides is 2. The Hall–Kier alpha value is -3.23. The fourth-order valence-electron chi connectivity index (χ4n) is 2.48. The third-order valence-electron chi connectivity index (χ3n) is 3.96. The number of aryl methyl sites for hydroxylation is 1. The van der Waals surface area contributed by atoms with Gasteiger partial charge >= 0.3 is 6.36 Å². The Bertz CT molecular complexity index is 821. The lowest BCUT2D eigenvalue weighted by atomic mass is 10.1. The Kier molecular flexibility index (Phi) is 7.46. The number of rotatable bonds is 8. The maximum Gasteiger partial charge on any atom is 0.573 e. The summed E-state index contributed by atoms with van der Waals surface area (Å²) in [5.74, 6) is -0.326. The molecule has 156 valence electrons. The average molecular weight is 410 g/mol. The van der Waals surface area contributed by atoms with Crippen molar-refractivity contribution >= 4 is 17.5 Å². The van der Waals surface area contributed by atoms with Crippen LogP contribution in [-0.2, 0) is 16.0 Å². The first-order chi connectivity index (χ1) is 13.7. The predicted molar refractivity (Wildman–Crippen MR) is 101 cm³/mol. The van der Waals surface area contributed by atoms with E-state index in [1.807, 2.05) is 24.3 Å². The monoisotopic (exact) mass is 410 g/mol. The van der Waals surface area contributed by atoms with E-state index in [-0.39, 0.29) is 24.6 Å². The Balaban J connectivity index is 1.79. The van der Waals surface area contributed by atoms with Gasteiger partial charge in [0.25, 0.3) is 0 Å². The largest absolute Gasteiger partial charge is 0.573 e. The summed E-state index contributed by atoms with van der Waals surface area (Å²) in [6.07, 6.45) is -4.02. The van der Waals surface area contributed by atoms with Crippen LogP contribution in [0.1, 0.15) is 12.0 Å². The lowest BCUT2D eigenvalue weighted by molar-refractivity contribution is -0.274. The summed E-state index contributed by atoms with van der Waals surface area (Å²) < 4.78 is 45.3. The zero-order chi connectivity index (χ0) is 21.4. The first-order valence-corrected chi connectivity index (χ1v) is 8.69. The van der Waals surface area contributed by atoms with E-state index in [0.29, 0.717) is 12.1 Å². The molecule has 2 amide bonds. The molecule has 0 aliphatic rings. The highest BCUT2D eigenvalue weighted by Crippen LogP contribution is 2.24. The number of carbonyl (C=O) groups excluding carboxylic acids is 2. The smallest absolute Gasteiger partial charge is 0.497 e. The van der Waals surface area contributed by atoms with Crippen LogP contribution in [0.5, 0.6) is 11.5 Å². The van der Waals surface area contributed by atoms with Crippen LogP contribution in [0.15, 0.2) is 48.5 Å². The lowest BCUT2D eigenvalue weighted by Gasteiger charge is -2.17. The van der Waals surface area contributed by atoms with Crippen LogP contribution in [0.25, 0.3) is 0 Å². The molecule has 0 saturated heterocycles. The second-order valence-electron chi connectivity index (χ2n) is 6.22. The molecule has 29 heavy (non-hydrogen) atoms. The molecule has 0 unspecified atom stereocenters. The maximum atomic E-state index is 12.2. The van der Waals surface area contributed by atoms with Gasteiger partial charge in [0.15, 0.2) is 0 Å². The molecule has 0 bridgehead atoms. The highest BCUT2D eigenvalue weighted by molar-refractivity contribution is 5.94. The average Bonchev–Trinajstić information content (AvgIpc) is 2.66. The third kappa shape index (κ3) is 7.73. The van der Waals surface area contributed by atoms with Crippen molar-refractivity contribution in [1.82, 2.24) is 4.90 Å². The van der Waals surface area contributed by atoms with Crippen LogP contribution in [0.4, 0.5) is 18.9 Å². The Morgan fingerprint density at radius 1 is 1.00 bits per heavy atom. The molecule has 2 aromatic rings. The molecule has 0 fully saturated rings. The number of alkyl halides is 3. The van der Waals surface area contributed by atoms with Gasteiger partial charge in [0, 0.05) is 19.2 Å². The fourth-order valence-corrected chi connectivity index (χ4v) is 2.48. The molecule has 2 aromatic carbocycles. The molecular weight excluding hydrogens is 389 g/mol. The Labute approximate surface area is 166 Å². The van der Waals surface area contributed by atoms with Crippen molar-refractivity contribution < 1.29 is 32.2 Å². The van der Waals surface area contributed by atoms with Gasteiger partial charge in [0.2, 0.25) is 11.8 Å². The van der Waals surface area contributed by atoms with Gasteiger partial charge in [-0.3, -0.25) is 9.59 Å². The number of hydrogen-bond donors (Lipinski definition) is 1. The number of nitrogens with zero attached hydrogens (tertiary/aromatic N) is 1. The van der Waals surface area contributed by atoms with Crippen molar-refractivity contribution in [2.45, 2.75) is 19.2 Å². The second-order valence-corrected chi connectivity index (χ2v) is 6.22. The summed E-state index contributed by atoms with van der Waals surface area (Å²) in [4.78, 5) is 25.6. The lowest BCUT2D eigenvalue weighted by Crippen LogP contribution is -2.35. The van der Waals surface area contributed by atoms with Crippen molar-refractivity contribution in [3.05, 3.63) is 54.1 Å². The third-order valence-corrected chi connectivity index (χ3v) is 3.96. The molecule has 0 radical (unpaired) electrons. The quantitative estimate of drug-likeness (QED) is 0.722. The van der Waals surface area contributed by atoms with E-state index < -0.39 is 12.3 Å². The topological polar surface area (TPSA) is 67.9 Å². The molecular formula is C20H21F3N2O4. The molecule has 0 heterocycles. The highest BCUT2D eigenvalue weighted by Gasteiger charge is 2.30. The molecule has 9 heteroatoms. The summed E-state index contributed by atoms with van der Waals surface area (Å²) in [7, 11) is 3.08. The Morgan fingerprint density at radius 3 is 2.14 bits per heavy atom. The van der Waals surface area contributed by atoms with E-state index in [1.165, 1.54) is 24.1 Å². The number of carbonyl (C=O) groups is 2. The van der Waals surface area contributed by atoms with Crippen LogP contribution in [0.2, 0.25) is 0 Å². The van der Waals surface area contributed by atoms with Gasteiger partial charge in [-0.2, -0.15) is 0 Å². The minimum absolute atomic E-state index is 0.178. The van der Waals surface area contributed by atoms with Crippen molar-refractivity contribution in [2.24, 2.45) is 0 Å². The highest BCUT2D eigenvalue weighted by atomic mass is 19.4. The van der Waals surface area contributed by atoms with E-state index in [0.717, 1.165) is 23.4 Å². The number of likely N-dealkylation sites (N-methyl/N-ethyl adjacent to an activating group) is 1. The zero-order valence-corrected chi connectivity index (χ0v) is 16.0. The molecule has 1 N–H and O–H groups in total. The number of nitrogens with one attached hydrogen (secondary N) is 1. The van der Waals surface area contributed by atoms with Crippen LogP contribution >= 0.6 is 0 Å². The number of hydrogen-bond acceptors (Lipinski definition) is 4. The Morgan fingerprint density at radius 2 is 1.59 bits per heavy atom. The molecule has 2 rings (SSSR count). The molecule has 6 nitrogen and oxygen atoms in total. The first kappa shape index (κ1) is 22.1. The summed E-state index contributed by atoms with van der Waals surface area (Å²) in [6, 6.07) is 12.1. The van der Waals surface area contributed by atoms with Gasteiger partial charge in [0.1, 0.15) is 11.5 Å². The number of benzene rings is 2. The van der Waals surface area contributed by atoms with Crippen LogP contribution in [-0.4, -0.2) is 43.8 Å². The summed E-state index contributed by atoms with van der Waals surface area (Å²) >= 11 is 0. The summed E-state index contributed by atoms with van der Waals surface area (Å²) in [6.45, 7) is -0.178. The number of methoxy groups -OCH3 is 1. The minimum Gasteiger partial charge on any atom is -0.497 e. The summed E-state index contributed by atoms with van der Waals surface area (Å²) in [5, 5.41) is 2.52. The van der Waals surface area contributed by atoms with E-state index in [2.05, 4.69) is 10.1 Å². The molecule has 0 atom stereocenters. The van der Waals surface area contributed by atoms with E-state index in [1.54, 1.807) is 7.11 Å². The first-order valence-electron chi connectivity index (χ1n) is 8.69. The fraction of sp³-hybridized carbons (Fsp3) is 0.300.